The van der Waals surface area contributed by atoms with Gasteiger partial charge in [-0.3, -0.25) is 0 Å². The van der Waals surface area contributed by atoms with Gasteiger partial charge in [0.1, 0.15) is 5.52 Å². The number of oxazole rings is 1. The van der Waals surface area contributed by atoms with E-state index in [4.69, 9.17) is 10.2 Å². The van der Waals surface area contributed by atoms with Crippen LogP contribution in [0.1, 0.15) is 29.5 Å². The summed E-state index contributed by atoms with van der Waals surface area (Å²) in [5.41, 5.74) is 11.6. The number of aryl methyl sites for hydroxylation is 2. The SMILES string of the molecule is Cc1nc2c3c4c(c[nH]c4cc2o1)CCC3N. The molecule has 0 amide bonds. The molecule has 0 radical (unpaired) electrons. The van der Waals surface area contributed by atoms with E-state index in [1.54, 1.807) is 0 Å². The van der Waals surface area contributed by atoms with E-state index in [0.717, 1.165) is 35.0 Å². The van der Waals surface area contributed by atoms with E-state index in [2.05, 4.69) is 16.2 Å². The monoisotopic (exact) mass is 227 g/mol. The van der Waals surface area contributed by atoms with Crippen LogP contribution in [-0.2, 0) is 6.42 Å². The first-order valence-corrected chi connectivity index (χ1v) is 5.89. The molecule has 3 aromatic rings. The summed E-state index contributed by atoms with van der Waals surface area (Å²) in [4.78, 5) is 7.78. The molecule has 2 heterocycles. The average molecular weight is 227 g/mol. The highest BCUT2D eigenvalue weighted by Crippen LogP contribution is 2.39. The summed E-state index contributed by atoms with van der Waals surface area (Å²) in [6, 6.07) is 2.09. The molecular weight excluding hydrogens is 214 g/mol. The van der Waals surface area contributed by atoms with E-state index in [1.807, 2.05) is 13.0 Å². The highest BCUT2D eigenvalue weighted by atomic mass is 16.3. The van der Waals surface area contributed by atoms with Crippen molar-refractivity contribution in [1.29, 1.82) is 0 Å². The van der Waals surface area contributed by atoms with Gasteiger partial charge in [0.05, 0.1) is 0 Å². The topological polar surface area (TPSA) is 67.8 Å². The van der Waals surface area contributed by atoms with Crippen molar-refractivity contribution in [2.75, 3.05) is 0 Å². The van der Waals surface area contributed by atoms with Crippen molar-refractivity contribution in [3.63, 3.8) is 0 Å². The highest BCUT2D eigenvalue weighted by Gasteiger charge is 2.24. The summed E-state index contributed by atoms with van der Waals surface area (Å²) in [6.07, 6.45) is 4.09. The third-order valence-electron chi connectivity index (χ3n) is 3.65. The van der Waals surface area contributed by atoms with Crippen molar-refractivity contribution in [3.8, 4) is 0 Å². The Balaban J connectivity index is 2.28. The van der Waals surface area contributed by atoms with Crippen molar-refractivity contribution in [2.45, 2.75) is 25.8 Å². The van der Waals surface area contributed by atoms with Crippen molar-refractivity contribution in [3.05, 3.63) is 29.3 Å². The van der Waals surface area contributed by atoms with Gasteiger partial charge in [0.15, 0.2) is 11.5 Å². The fourth-order valence-electron chi connectivity index (χ4n) is 2.91. The van der Waals surface area contributed by atoms with E-state index in [9.17, 15) is 0 Å². The molecule has 0 saturated heterocycles. The number of benzene rings is 1. The highest BCUT2D eigenvalue weighted by molar-refractivity contribution is 6.00. The number of hydrogen-bond donors (Lipinski definition) is 2. The van der Waals surface area contributed by atoms with Gasteiger partial charge in [-0.05, 0) is 18.4 Å². The Morgan fingerprint density at radius 2 is 2.41 bits per heavy atom. The molecule has 2 aromatic heterocycles. The second-order valence-electron chi connectivity index (χ2n) is 4.75. The average Bonchev–Trinajstić information content (AvgIpc) is 2.85. The lowest BCUT2D eigenvalue weighted by molar-refractivity contribution is 0.561. The van der Waals surface area contributed by atoms with Gasteiger partial charge >= 0.3 is 0 Å². The van der Waals surface area contributed by atoms with Crippen LogP contribution in [0.5, 0.6) is 0 Å². The first-order chi connectivity index (χ1) is 8.24. The number of nitrogens with two attached hydrogens (primary N) is 1. The largest absolute Gasteiger partial charge is 0.441 e. The number of nitrogens with one attached hydrogen (secondary N) is 1. The van der Waals surface area contributed by atoms with Crippen molar-refractivity contribution in [2.24, 2.45) is 5.73 Å². The second kappa shape index (κ2) is 2.90. The zero-order valence-corrected chi connectivity index (χ0v) is 9.58. The lowest BCUT2D eigenvalue weighted by Crippen LogP contribution is -2.16. The van der Waals surface area contributed by atoms with Crippen LogP contribution >= 0.6 is 0 Å². The van der Waals surface area contributed by atoms with Crippen LogP contribution in [0.25, 0.3) is 22.0 Å². The molecule has 86 valence electrons. The van der Waals surface area contributed by atoms with Gasteiger partial charge in [-0.1, -0.05) is 0 Å². The van der Waals surface area contributed by atoms with E-state index in [1.165, 1.54) is 10.9 Å². The number of hydrogen-bond acceptors (Lipinski definition) is 3. The number of aromatic amines is 1. The minimum absolute atomic E-state index is 0.0639. The van der Waals surface area contributed by atoms with Gasteiger partial charge < -0.3 is 15.1 Å². The molecule has 4 heteroatoms. The zero-order valence-electron chi connectivity index (χ0n) is 9.58. The van der Waals surface area contributed by atoms with Crippen LogP contribution in [0.2, 0.25) is 0 Å². The number of H-pyrrole nitrogens is 1. The molecule has 17 heavy (non-hydrogen) atoms. The Hall–Kier alpha value is -1.81. The van der Waals surface area contributed by atoms with Gasteiger partial charge in [-0.25, -0.2) is 4.98 Å². The molecular formula is C13H13N3O. The van der Waals surface area contributed by atoms with Gasteiger partial charge in [-0.15, -0.1) is 0 Å². The Bertz CT molecular complexity index is 737. The molecule has 1 aliphatic rings. The second-order valence-corrected chi connectivity index (χ2v) is 4.75. The van der Waals surface area contributed by atoms with Crippen LogP contribution in [-0.4, -0.2) is 9.97 Å². The molecule has 0 aliphatic heterocycles. The summed E-state index contributed by atoms with van der Waals surface area (Å²) in [5.74, 6) is 0.697. The lowest BCUT2D eigenvalue weighted by Gasteiger charge is -2.19. The van der Waals surface area contributed by atoms with E-state index >= 15 is 0 Å². The predicted octanol–water partition coefficient (Wildman–Crippen LogP) is 2.56. The maximum Gasteiger partial charge on any atom is 0.192 e. The number of aromatic nitrogens is 2. The Morgan fingerprint density at radius 1 is 1.53 bits per heavy atom. The van der Waals surface area contributed by atoms with Gasteiger partial charge in [0.25, 0.3) is 0 Å². The Labute approximate surface area is 97.8 Å². The molecule has 0 saturated carbocycles. The standard InChI is InChI=1S/C13H13N3O/c1-6-16-13-10(17-6)4-9-11-7(5-15-9)2-3-8(14)12(11)13/h4-5,8,15H,2-3,14H2,1H3. The summed E-state index contributed by atoms with van der Waals surface area (Å²) >= 11 is 0. The normalized spacial score (nSPS) is 19.3. The molecule has 0 bridgehead atoms. The van der Waals surface area contributed by atoms with Gasteiger partial charge in [-0.2, -0.15) is 0 Å². The fraction of sp³-hybridized carbons (Fsp3) is 0.308. The van der Waals surface area contributed by atoms with Crippen molar-refractivity contribution >= 4 is 22.0 Å². The number of fused-ring (bicyclic) bond motifs is 2. The van der Waals surface area contributed by atoms with Crippen LogP contribution < -0.4 is 5.73 Å². The van der Waals surface area contributed by atoms with Crippen LogP contribution in [0, 0.1) is 6.92 Å². The minimum Gasteiger partial charge on any atom is -0.441 e. The van der Waals surface area contributed by atoms with Crippen LogP contribution in [0.15, 0.2) is 16.7 Å². The molecule has 4 rings (SSSR count). The molecule has 1 aliphatic carbocycles. The van der Waals surface area contributed by atoms with Crippen molar-refractivity contribution in [1.82, 2.24) is 9.97 Å². The predicted molar refractivity (Wildman–Crippen MR) is 65.9 cm³/mol. The Kier molecular flexibility index (Phi) is 1.58. The third-order valence-corrected chi connectivity index (χ3v) is 3.65. The van der Waals surface area contributed by atoms with E-state index in [0.29, 0.717) is 5.89 Å². The van der Waals surface area contributed by atoms with Crippen LogP contribution in [0.4, 0.5) is 0 Å². The lowest BCUT2D eigenvalue weighted by atomic mass is 9.88. The fourth-order valence-corrected chi connectivity index (χ4v) is 2.91. The molecule has 0 spiro atoms. The van der Waals surface area contributed by atoms with E-state index < -0.39 is 0 Å². The molecule has 1 unspecified atom stereocenters. The van der Waals surface area contributed by atoms with Crippen LogP contribution in [0.3, 0.4) is 0 Å². The molecule has 3 N–H and O–H groups in total. The third kappa shape index (κ3) is 1.08. The zero-order chi connectivity index (χ0) is 11.6. The van der Waals surface area contributed by atoms with Gasteiger partial charge in [0, 0.05) is 41.7 Å². The molecule has 4 nitrogen and oxygen atoms in total. The summed E-state index contributed by atoms with van der Waals surface area (Å²) in [5, 5.41) is 1.25. The molecule has 1 aromatic carbocycles. The van der Waals surface area contributed by atoms with Gasteiger partial charge in [0.2, 0.25) is 0 Å². The number of rotatable bonds is 0. The molecule has 1 atom stereocenters. The maximum atomic E-state index is 6.24. The quantitative estimate of drug-likeness (QED) is 0.620. The number of nitrogens with zero attached hydrogens (tertiary/aromatic N) is 1. The first kappa shape index (κ1) is 9.24. The minimum atomic E-state index is 0.0639. The summed E-state index contributed by atoms with van der Waals surface area (Å²) < 4.78 is 5.61. The van der Waals surface area contributed by atoms with E-state index in [-0.39, 0.29) is 6.04 Å². The molecule has 0 fully saturated rings. The first-order valence-electron chi connectivity index (χ1n) is 5.89. The maximum absolute atomic E-state index is 6.24. The summed E-state index contributed by atoms with van der Waals surface area (Å²) in [6.45, 7) is 1.87. The Morgan fingerprint density at radius 3 is 3.29 bits per heavy atom. The smallest absolute Gasteiger partial charge is 0.192 e. The van der Waals surface area contributed by atoms with Crippen molar-refractivity contribution < 1.29 is 4.42 Å². The summed E-state index contributed by atoms with van der Waals surface area (Å²) in [7, 11) is 0.